The fraction of sp³-hybridized carbons (Fsp3) is 0.412. The Morgan fingerprint density at radius 3 is 2.68 bits per heavy atom. The van der Waals surface area contributed by atoms with Crippen LogP contribution in [0.25, 0.3) is 11.0 Å². The first kappa shape index (κ1) is 14.8. The summed E-state index contributed by atoms with van der Waals surface area (Å²) in [6, 6.07) is 3.69. The molecular weight excluding hydrogens is 285 g/mol. The highest BCUT2D eigenvalue weighted by Gasteiger charge is 2.23. The van der Waals surface area contributed by atoms with Gasteiger partial charge in [-0.05, 0) is 30.5 Å². The topological polar surface area (TPSA) is 73.3 Å². The van der Waals surface area contributed by atoms with Gasteiger partial charge in [0.1, 0.15) is 11.4 Å². The first-order valence-electron chi connectivity index (χ1n) is 7.61. The molecule has 1 aromatic carbocycles. The van der Waals surface area contributed by atoms with E-state index in [2.05, 4.69) is 0 Å². The van der Waals surface area contributed by atoms with Gasteiger partial charge in [0, 0.05) is 5.56 Å². The smallest absolute Gasteiger partial charge is 0.284 e. The monoisotopic (exact) mass is 303 g/mol. The lowest BCUT2D eigenvalue weighted by molar-refractivity contribution is 0.0972. The lowest BCUT2D eigenvalue weighted by Gasteiger charge is -2.21. The number of rotatable bonds is 3. The zero-order valence-electron chi connectivity index (χ0n) is 12.2. The number of carbonyl (C=O) groups excluding carboxylic acids is 1. The van der Waals surface area contributed by atoms with Gasteiger partial charge in [0.25, 0.3) is 5.91 Å². The average Bonchev–Trinajstić information content (AvgIpc) is 2.51. The maximum atomic E-state index is 13.4. The van der Waals surface area contributed by atoms with E-state index in [1.54, 1.807) is 0 Å². The van der Waals surface area contributed by atoms with Crippen molar-refractivity contribution < 1.29 is 13.6 Å². The van der Waals surface area contributed by atoms with Crippen LogP contribution in [0.4, 0.5) is 4.39 Å². The molecule has 1 aliphatic carbocycles. The molecule has 2 aromatic rings. The molecule has 0 radical (unpaired) electrons. The second-order valence-electron chi connectivity index (χ2n) is 5.95. The van der Waals surface area contributed by atoms with Crippen molar-refractivity contribution in [2.24, 2.45) is 11.7 Å². The van der Waals surface area contributed by atoms with Crippen LogP contribution in [0.2, 0.25) is 0 Å². The van der Waals surface area contributed by atoms with Crippen molar-refractivity contribution in [2.75, 3.05) is 0 Å². The molecule has 0 saturated heterocycles. The Hall–Kier alpha value is -2.17. The summed E-state index contributed by atoms with van der Waals surface area (Å²) in [5.74, 6) is -1.00. The molecule has 1 aromatic heterocycles. The SMILES string of the molecule is NC(=O)c1oc2ccc(F)cc2c(=O)c1CC1CCCCC1. The van der Waals surface area contributed by atoms with Gasteiger partial charge >= 0.3 is 0 Å². The van der Waals surface area contributed by atoms with Gasteiger partial charge < -0.3 is 10.2 Å². The largest absolute Gasteiger partial charge is 0.450 e. The highest BCUT2D eigenvalue weighted by molar-refractivity contribution is 5.93. The van der Waals surface area contributed by atoms with Gasteiger partial charge in [-0.2, -0.15) is 0 Å². The molecule has 2 N–H and O–H groups in total. The lowest BCUT2D eigenvalue weighted by Crippen LogP contribution is -2.23. The Labute approximate surface area is 127 Å². The van der Waals surface area contributed by atoms with Gasteiger partial charge in [-0.25, -0.2) is 4.39 Å². The van der Waals surface area contributed by atoms with Crippen molar-refractivity contribution in [3.05, 3.63) is 45.6 Å². The Morgan fingerprint density at radius 1 is 1.27 bits per heavy atom. The first-order valence-corrected chi connectivity index (χ1v) is 7.61. The molecule has 3 rings (SSSR count). The molecule has 0 unspecified atom stereocenters. The van der Waals surface area contributed by atoms with E-state index in [0.717, 1.165) is 31.7 Å². The molecule has 0 aliphatic heterocycles. The maximum Gasteiger partial charge on any atom is 0.284 e. The van der Waals surface area contributed by atoms with Crippen LogP contribution in [-0.2, 0) is 6.42 Å². The maximum absolute atomic E-state index is 13.4. The van der Waals surface area contributed by atoms with Crippen molar-refractivity contribution in [2.45, 2.75) is 38.5 Å². The van der Waals surface area contributed by atoms with E-state index in [4.69, 9.17) is 10.2 Å². The highest BCUT2D eigenvalue weighted by atomic mass is 19.1. The van der Waals surface area contributed by atoms with E-state index >= 15 is 0 Å². The van der Waals surface area contributed by atoms with Gasteiger partial charge in [-0.1, -0.05) is 32.1 Å². The number of primary amides is 1. The van der Waals surface area contributed by atoms with Crippen LogP contribution in [0.15, 0.2) is 27.4 Å². The summed E-state index contributed by atoms with van der Waals surface area (Å²) in [4.78, 5) is 24.3. The molecular formula is C17H18FNO3. The zero-order chi connectivity index (χ0) is 15.7. The van der Waals surface area contributed by atoms with E-state index in [1.807, 2.05) is 0 Å². The van der Waals surface area contributed by atoms with Crippen LogP contribution < -0.4 is 11.2 Å². The van der Waals surface area contributed by atoms with Gasteiger partial charge in [0.15, 0.2) is 11.2 Å². The Morgan fingerprint density at radius 2 is 2.00 bits per heavy atom. The Kier molecular flexibility index (Phi) is 3.96. The van der Waals surface area contributed by atoms with Gasteiger partial charge in [0.2, 0.25) is 0 Å². The van der Waals surface area contributed by atoms with Crippen LogP contribution in [0.5, 0.6) is 0 Å². The second kappa shape index (κ2) is 5.91. The number of benzene rings is 1. The molecule has 0 spiro atoms. The number of hydrogen-bond donors (Lipinski definition) is 1. The van der Waals surface area contributed by atoms with Gasteiger partial charge in [-0.3, -0.25) is 9.59 Å². The van der Waals surface area contributed by atoms with Crippen LogP contribution in [0.1, 0.15) is 48.2 Å². The predicted octanol–water partition coefficient (Wildman–Crippen LogP) is 3.15. The third-order valence-electron chi connectivity index (χ3n) is 4.39. The minimum absolute atomic E-state index is 0.0883. The Bertz CT molecular complexity index is 775. The molecule has 1 aliphatic rings. The van der Waals surface area contributed by atoms with Gasteiger partial charge in [0.05, 0.1) is 5.39 Å². The number of amides is 1. The van der Waals surface area contributed by atoms with Crippen molar-refractivity contribution in [1.29, 1.82) is 0 Å². The minimum atomic E-state index is -0.755. The zero-order valence-corrected chi connectivity index (χ0v) is 12.2. The number of fused-ring (bicyclic) bond motifs is 1. The number of nitrogens with two attached hydrogens (primary N) is 1. The predicted molar refractivity (Wildman–Crippen MR) is 81.2 cm³/mol. The molecule has 116 valence electrons. The van der Waals surface area contributed by atoms with E-state index < -0.39 is 11.7 Å². The van der Waals surface area contributed by atoms with Crippen LogP contribution in [0, 0.1) is 11.7 Å². The third kappa shape index (κ3) is 2.75. The summed E-state index contributed by atoms with van der Waals surface area (Å²) in [6.45, 7) is 0. The minimum Gasteiger partial charge on any atom is -0.450 e. The van der Waals surface area contributed by atoms with Crippen LogP contribution in [0.3, 0.4) is 0 Å². The fourth-order valence-corrected chi connectivity index (χ4v) is 3.27. The van der Waals surface area contributed by atoms with Crippen molar-refractivity contribution in [1.82, 2.24) is 0 Å². The van der Waals surface area contributed by atoms with Crippen LogP contribution >= 0.6 is 0 Å². The molecule has 22 heavy (non-hydrogen) atoms. The molecule has 1 heterocycles. The van der Waals surface area contributed by atoms with Crippen molar-refractivity contribution in [3.8, 4) is 0 Å². The summed E-state index contributed by atoms with van der Waals surface area (Å²) < 4.78 is 18.9. The van der Waals surface area contributed by atoms with Gasteiger partial charge in [-0.15, -0.1) is 0 Å². The molecule has 0 atom stereocenters. The number of halogens is 1. The molecule has 1 saturated carbocycles. The second-order valence-corrected chi connectivity index (χ2v) is 5.95. The fourth-order valence-electron chi connectivity index (χ4n) is 3.27. The average molecular weight is 303 g/mol. The summed E-state index contributed by atoms with van der Waals surface area (Å²) in [5.41, 5.74) is 5.49. The summed E-state index contributed by atoms with van der Waals surface area (Å²) in [5, 5.41) is 0.163. The number of carbonyl (C=O) groups is 1. The number of hydrogen-bond acceptors (Lipinski definition) is 3. The molecule has 1 fully saturated rings. The molecule has 0 bridgehead atoms. The van der Waals surface area contributed by atoms with E-state index in [0.29, 0.717) is 12.3 Å². The summed E-state index contributed by atoms with van der Waals surface area (Å²) in [7, 11) is 0. The Balaban J connectivity index is 2.12. The standard InChI is InChI=1S/C17H18FNO3/c18-11-6-7-14-12(9-11)15(20)13(16(22-14)17(19)21)8-10-4-2-1-3-5-10/h6-7,9-10H,1-5,8H2,(H2,19,21). The van der Waals surface area contributed by atoms with E-state index in [1.165, 1.54) is 18.6 Å². The van der Waals surface area contributed by atoms with Crippen molar-refractivity contribution >= 4 is 16.9 Å². The molecule has 4 nitrogen and oxygen atoms in total. The summed E-state index contributed by atoms with van der Waals surface area (Å²) in [6.07, 6.45) is 5.98. The van der Waals surface area contributed by atoms with Crippen molar-refractivity contribution in [3.63, 3.8) is 0 Å². The van der Waals surface area contributed by atoms with E-state index in [9.17, 15) is 14.0 Å². The normalized spacial score (nSPS) is 16.0. The quantitative estimate of drug-likeness (QED) is 0.946. The van der Waals surface area contributed by atoms with Crippen LogP contribution in [-0.4, -0.2) is 5.91 Å². The third-order valence-corrected chi connectivity index (χ3v) is 4.39. The highest BCUT2D eigenvalue weighted by Crippen LogP contribution is 2.28. The lowest BCUT2D eigenvalue weighted by atomic mass is 9.84. The molecule has 5 heteroatoms. The summed E-state index contributed by atoms with van der Waals surface area (Å²) >= 11 is 0. The van der Waals surface area contributed by atoms with E-state index in [-0.39, 0.29) is 27.7 Å². The molecule has 1 amide bonds. The first-order chi connectivity index (χ1) is 10.6.